The standard InChI is InChI=1S/C20H24ClNO2S/c1-4-18(16-7-10-19(24-3)14(2)11-16)22-20(23)13-25-12-15-5-8-17(21)9-6-15/h5-11,18H,4,12-13H2,1-3H3,(H,22,23)/t18-/m0/s1. The van der Waals surface area contributed by atoms with Gasteiger partial charge in [0.15, 0.2) is 0 Å². The summed E-state index contributed by atoms with van der Waals surface area (Å²) in [4.78, 5) is 12.3. The summed E-state index contributed by atoms with van der Waals surface area (Å²) < 4.78 is 5.30. The largest absolute Gasteiger partial charge is 0.496 e. The minimum atomic E-state index is 0.0215. The van der Waals surface area contributed by atoms with E-state index in [1.165, 1.54) is 5.56 Å². The molecule has 1 atom stereocenters. The second-order valence-electron chi connectivity index (χ2n) is 5.88. The van der Waals surface area contributed by atoms with E-state index in [-0.39, 0.29) is 11.9 Å². The maximum atomic E-state index is 12.3. The number of benzene rings is 2. The third kappa shape index (κ3) is 5.98. The van der Waals surface area contributed by atoms with Gasteiger partial charge in [-0.1, -0.05) is 42.8 Å². The van der Waals surface area contributed by atoms with Gasteiger partial charge in [-0.05, 0) is 48.2 Å². The predicted molar refractivity (Wildman–Crippen MR) is 107 cm³/mol. The van der Waals surface area contributed by atoms with E-state index in [2.05, 4.69) is 18.3 Å². The Labute approximate surface area is 159 Å². The van der Waals surface area contributed by atoms with Crippen LogP contribution in [0.4, 0.5) is 0 Å². The summed E-state index contributed by atoms with van der Waals surface area (Å²) in [5.41, 5.74) is 3.35. The maximum Gasteiger partial charge on any atom is 0.230 e. The Balaban J connectivity index is 1.86. The van der Waals surface area contributed by atoms with Gasteiger partial charge in [-0.25, -0.2) is 0 Å². The lowest BCUT2D eigenvalue weighted by atomic mass is 10.0. The number of nitrogens with one attached hydrogen (secondary N) is 1. The summed E-state index contributed by atoms with van der Waals surface area (Å²) in [7, 11) is 1.67. The monoisotopic (exact) mass is 377 g/mol. The topological polar surface area (TPSA) is 38.3 Å². The number of carbonyl (C=O) groups is 1. The minimum absolute atomic E-state index is 0.0215. The van der Waals surface area contributed by atoms with Crippen LogP contribution in [-0.2, 0) is 10.5 Å². The number of ether oxygens (including phenoxy) is 1. The zero-order chi connectivity index (χ0) is 18.2. The molecule has 1 amide bonds. The summed E-state index contributed by atoms with van der Waals surface area (Å²) in [6.07, 6.45) is 0.847. The quantitative estimate of drug-likeness (QED) is 0.690. The van der Waals surface area contributed by atoms with Crippen molar-refractivity contribution in [2.45, 2.75) is 32.1 Å². The second-order valence-corrected chi connectivity index (χ2v) is 7.30. The van der Waals surface area contributed by atoms with Gasteiger partial charge in [-0.3, -0.25) is 4.79 Å². The molecule has 0 heterocycles. The molecule has 0 saturated carbocycles. The van der Waals surface area contributed by atoms with Crippen LogP contribution in [0.15, 0.2) is 42.5 Å². The van der Waals surface area contributed by atoms with Gasteiger partial charge in [0.25, 0.3) is 0 Å². The normalized spacial score (nSPS) is 11.8. The number of halogens is 1. The molecule has 0 aliphatic heterocycles. The van der Waals surface area contributed by atoms with Crippen LogP contribution >= 0.6 is 23.4 Å². The van der Waals surface area contributed by atoms with Crippen LogP contribution < -0.4 is 10.1 Å². The van der Waals surface area contributed by atoms with Gasteiger partial charge in [0.2, 0.25) is 5.91 Å². The van der Waals surface area contributed by atoms with Crippen LogP contribution in [0.2, 0.25) is 5.02 Å². The molecule has 0 spiro atoms. The SMILES string of the molecule is CC[C@H](NC(=O)CSCc1ccc(Cl)cc1)c1ccc(OC)c(C)c1. The molecule has 25 heavy (non-hydrogen) atoms. The van der Waals surface area contributed by atoms with E-state index in [4.69, 9.17) is 16.3 Å². The van der Waals surface area contributed by atoms with Gasteiger partial charge in [-0.15, -0.1) is 11.8 Å². The zero-order valence-corrected chi connectivity index (χ0v) is 16.4. The van der Waals surface area contributed by atoms with Crippen LogP contribution in [0.1, 0.15) is 36.1 Å². The first-order valence-electron chi connectivity index (χ1n) is 8.29. The highest BCUT2D eigenvalue weighted by Gasteiger charge is 2.14. The average molecular weight is 378 g/mol. The van der Waals surface area contributed by atoms with Crippen molar-refractivity contribution in [1.82, 2.24) is 5.32 Å². The fourth-order valence-corrected chi connectivity index (χ4v) is 3.54. The number of amides is 1. The number of hydrogen-bond donors (Lipinski definition) is 1. The van der Waals surface area contributed by atoms with E-state index >= 15 is 0 Å². The molecule has 0 radical (unpaired) electrons. The zero-order valence-electron chi connectivity index (χ0n) is 14.8. The lowest BCUT2D eigenvalue weighted by Crippen LogP contribution is -2.29. The molecule has 1 N–H and O–H groups in total. The predicted octanol–water partition coefficient (Wildman–Crippen LogP) is 5.16. The van der Waals surface area contributed by atoms with Crippen molar-refractivity contribution in [3.63, 3.8) is 0 Å². The molecular weight excluding hydrogens is 354 g/mol. The number of carbonyl (C=O) groups excluding carboxylic acids is 1. The summed E-state index contributed by atoms with van der Waals surface area (Å²) in [6.45, 7) is 4.09. The summed E-state index contributed by atoms with van der Waals surface area (Å²) >= 11 is 7.48. The fourth-order valence-electron chi connectivity index (χ4n) is 2.62. The third-order valence-corrected chi connectivity index (χ3v) is 5.24. The molecule has 3 nitrogen and oxygen atoms in total. The van der Waals surface area contributed by atoms with Crippen molar-refractivity contribution >= 4 is 29.3 Å². The maximum absolute atomic E-state index is 12.3. The van der Waals surface area contributed by atoms with E-state index in [0.29, 0.717) is 5.75 Å². The molecule has 0 unspecified atom stereocenters. The van der Waals surface area contributed by atoms with Crippen LogP contribution in [0.25, 0.3) is 0 Å². The lowest BCUT2D eigenvalue weighted by Gasteiger charge is -2.19. The van der Waals surface area contributed by atoms with Gasteiger partial charge < -0.3 is 10.1 Å². The van der Waals surface area contributed by atoms with Crippen LogP contribution in [0, 0.1) is 6.92 Å². The molecule has 0 aliphatic carbocycles. The Morgan fingerprint density at radius 1 is 1.24 bits per heavy atom. The van der Waals surface area contributed by atoms with Crippen LogP contribution in [0.5, 0.6) is 5.75 Å². The molecule has 0 aromatic heterocycles. The molecule has 0 bridgehead atoms. The number of thioether (sulfide) groups is 1. The first-order valence-corrected chi connectivity index (χ1v) is 9.82. The molecule has 5 heteroatoms. The molecule has 134 valence electrons. The Morgan fingerprint density at radius 3 is 2.56 bits per heavy atom. The molecule has 0 aliphatic rings. The number of rotatable bonds is 8. The van der Waals surface area contributed by atoms with Crippen LogP contribution in [0.3, 0.4) is 0 Å². The van der Waals surface area contributed by atoms with Crippen molar-refractivity contribution in [1.29, 1.82) is 0 Å². The van der Waals surface area contributed by atoms with E-state index in [9.17, 15) is 4.79 Å². The smallest absolute Gasteiger partial charge is 0.230 e. The van der Waals surface area contributed by atoms with Gasteiger partial charge in [0.05, 0.1) is 18.9 Å². The molecular formula is C20H24ClNO2S. The van der Waals surface area contributed by atoms with E-state index in [1.807, 2.05) is 43.3 Å². The van der Waals surface area contributed by atoms with Crippen molar-refractivity contribution in [2.24, 2.45) is 0 Å². The van der Waals surface area contributed by atoms with Crippen molar-refractivity contribution < 1.29 is 9.53 Å². The summed E-state index contributed by atoms with van der Waals surface area (Å²) in [5, 5.41) is 3.85. The van der Waals surface area contributed by atoms with E-state index in [0.717, 1.165) is 34.1 Å². The highest BCUT2D eigenvalue weighted by molar-refractivity contribution is 7.99. The highest BCUT2D eigenvalue weighted by atomic mass is 35.5. The summed E-state index contributed by atoms with van der Waals surface area (Å²) in [6, 6.07) is 13.8. The Bertz CT molecular complexity index is 703. The summed E-state index contributed by atoms with van der Waals surface area (Å²) in [5.74, 6) is 2.15. The first-order chi connectivity index (χ1) is 12.0. The number of aryl methyl sites for hydroxylation is 1. The Hall–Kier alpha value is -1.65. The molecule has 0 fully saturated rings. The van der Waals surface area contributed by atoms with Crippen molar-refractivity contribution in [2.75, 3.05) is 12.9 Å². The van der Waals surface area contributed by atoms with Gasteiger partial charge >= 0.3 is 0 Å². The number of methoxy groups -OCH3 is 1. The fraction of sp³-hybridized carbons (Fsp3) is 0.350. The van der Waals surface area contributed by atoms with E-state index in [1.54, 1.807) is 18.9 Å². The molecule has 2 aromatic carbocycles. The van der Waals surface area contributed by atoms with Gasteiger partial charge in [0, 0.05) is 10.8 Å². The lowest BCUT2D eigenvalue weighted by molar-refractivity contribution is -0.119. The Morgan fingerprint density at radius 2 is 1.96 bits per heavy atom. The second kappa shape index (κ2) is 9.73. The third-order valence-electron chi connectivity index (χ3n) is 3.98. The molecule has 2 rings (SSSR count). The van der Waals surface area contributed by atoms with Gasteiger partial charge in [0.1, 0.15) is 5.75 Å². The van der Waals surface area contributed by atoms with Gasteiger partial charge in [-0.2, -0.15) is 0 Å². The number of hydrogen-bond acceptors (Lipinski definition) is 3. The van der Waals surface area contributed by atoms with Crippen molar-refractivity contribution in [3.05, 3.63) is 64.2 Å². The molecule has 2 aromatic rings. The first kappa shape index (κ1) is 19.7. The van der Waals surface area contributed by atoms with E-state index < -0.39 is 0 Å². The average Bonchev–Trinajstić information content (AvgIpc) is 2.61. The Kier molecular flexibility index (Phi) is 7.66. The van der Waals surface area contributed by atoms with Crippen molar-refractivity contribution in [3.8, 4) is 5.75 Å². The minimum Gasteiger partial charge on any atom is -0.496 e. The van der Waals surface area contributed by atoms with Crippen LogP contribution in [-0.4, -0.2) is 18.8 Å². The highest BCUT2D eigenvalue weighted by Crippen LogP contribution is 2.24. The molecule has 0 saturated heterocycles.